The largest absolute Gasteiger partial charge is 0.480 e. The lowest BCUT2D eigenvalue weighted by Gasteiger charge is -2.17. The molecule has 0 fully saturated rings. The second kappa shape index (κ2) is 8.67. The molecule has 2 N–H and O–H groups in total. The first-order chi connectivity index (χ1) is 14.5. The Bertz CT molecular complexity index is 1030. The van der Waals surface area contributed by atoms with Crippen molar-refractivity contribution in [2.24, 2.45) is 0 Å². The van der Waals surface area contributed by atoms with Gasteiger partial charge in [0.1, 0.15) is 12.6 Å². The Morgan fingerprint density at radius 2 is 1.77 bits per heavy atom. The van der Waals surface area contributed by atoms with E-state index < -0.39 is 18.1 Å². The second-order valence-corrected chi connectivity index (χ2v) is 8.56. The van der Waals surface area contributed by atoms with Gasteiger partial charge in [0.2, 0.25) is 0 Å². The standard InChI is InChI=1S/C23H22N2O4S/c1-14-24-12-15(30-14)10-11-21(22(26)27)25-23(28)29-13-20-18-8-4-2-6-16(18)17-7-3-5-9-19(17)20/h2-9,12,20-21H,10-11,13H2,1H3,(H,25,28)(H,26,27)/t21-/m0/s1. The van der Waals surface area contributed by atoms with Crippen LogP contribution in [0, 0.1) is 6.92 Å². The summed E-state index contributed by atoms with van der Waals surface area (Å²) >= 11 is 1.53. The Morgan fingerprint density at radius 1 is 1.13 bits per heavy atom. The van der Waals surface area contributed by atoms with Gasteiger partial charge in [0, 0.05) is 17.0 Å². The van der Waals surface area contributed by atoms with E-state index >= 15 is 0 Å². The average Bonchev–Trinajstić information content (AvgIpc) is 3.30. The van der Waals surface area contributed by atoms with Crippen molar-refractivity contribution in [3.05, 3.63) is 75.7 Å². The summed E-state index contributed by atoms with van der Waals surface area (Å²) in [6.07, 6.45) is 1.84. The average molecular weight is 423 g/mol. The summed E-state index contributed by atoms with van der Waals surface area (Å²) in [6, 6.07) is 15.1. The Hall–Kier alpha value is -3.19. The molecule has 0 spiro atoms. The first kappa shape index (κ1) is 20.1. The van der Waals surface area contributed by atoms with Crippen LogP contribution in [0.5, 0.6) is 0 Å². The third kappa shape index (κ3) is 4.21. The quantitative estimate of drug-likeness (QED) is 0.590. The molecular weight excluding hydrogens is 400 g/mol. The zero-order valence-electron chi connectivity index (χ0n) is 16.5. The molecule has 6 nitrogen and oxygen atoms in total. The van der Waals surface area contributed by atoms with Crippen molar-refractivity contribution in [1.82, 2.24) is 10.3 Å². The van der Waals surface area contributed by atoms with Crippen LogP contribution in [0.4, 0.5) is 4.79 Å². The van der Waals surface area contributed by atoms with Crippen molar-refractivity contribution in [2.45, 2.75) is 31.7 Å². The molecule has 0 saturated heterocycles. The van der Waals surface area contributed by atoms with E-state index in [0.29, 0.717) is 6.42 Å². The first-order valence-corrected chi connectivity index (χ1v) is 10.6. The first-order valence-electron chi connectivity index (χ1n) is 9.78. The molecule has 1 aromatic heterocycles. The Balaban J connectivity index is 1.38. The third-order valence-corrected chi connectivity index (χ3v) is 6.25. The molecule has 0 bridgehead atoms. The number of alkyl carbamates (subject to hydrolysis) is 1. The van der Waals surface area contributed by atoms with Crippen LogP contribution in [0.15, 0.2) is 54.7 Å². The Labute approximate surface area is 178 Å². The van der Waals surface area contributed by atoms with Crippen LogP contribution in [0.3, 0.4) is 0 Å². The van der Waals surface area contributed by atoms with Crippen molar-refractivity contribution in [1.29, 1.82) is 0 Å². The van der Waals surface area contributed by atoms with Gasteiger partial charge in [-0.3, -0.25) is 0 Å². The van der Waals surface area contributed by atoms with Crippen LogP contribution < -0.4 is 5.32 Å². The number of thiazole rings is 1. The van der Waals surface area contributed by atoms with Gasteiger partial charge < -0.3 is 15.2 Å². The molecule has 1 aliphatic rings. The highest BCUT2D eigenvalue weighted by Crippen LogP contribution is 2.44. The van der Waals surface area contributed by atoms with E-state index in [9.17, 15) is 14.7 Å². The van der Waals surface area contributed by atoms with Crippen LogP contribution in [0.1, 0.15) is 33.4 Å². The zero-order chi connectivity index (χ0) is 21.1. The van der Waals surface area contributed by atoms with Crippen LogP contribution in [-0.4, -0.2) is 34.8 Å². The Kier molecular flexibility index (Phi) is 5.81. The summed E-state index contributed by atoms with van der Waals surface area (Å²) in [5.74, 6) is -1.14. The van der Waals surface area contributed by atoms with Gasteiger partial charge in [0.05, 0.1) is 5.01 Å². The molecule has 2 aromatic carbocycles. The number of carbonyl (C=O) groups excluding carboxylic acids is 1. The normalized spacial score (nSPS) is 13.4. The topological polar surface area (TPSA) is 88.5 Å². The molecule has 1 amide bonds. The lowest BCUT2D eigenvalue weighted by molar-refractivity contribution is -0.139. The fourth-order valence-corrected chi connectivity index (χ4v) is 4.66. The predicted octanol–water partition coefficient (Wildman–Crippen LogP) is 4.38. The number of aliphatic carboxylic acids is 1. The fraction of sp³-hybridized carbons (Fsp3) is 0.261. The van der Waals surface area contributed by atoms with Crippen molar-refractivity contribution in [3.8, 4) is 11.1 Å². The maximum atomic E-state index is 12.3. The van der Waals surface area contributed by atoms with Crippen LogP contribution in [-0.2, 0) is 16.0 Å². The monoisotopic (exact) mass is 422 g/mol. The summed E-state index contributed by atoms with van der Waals surface area (Å²) in [5.41, 5.74) is 4.51. The van der Waals surface area contributed by atoms with E-state index in [1.807, 2.05) is 43.3 Å². The number of fused-ring (bicyclic) bond motifs is 3. The number of nitrogens with zero attached hydrogens (tertiary/aromatic N) is 1. The number of carbonyl (C=O) groups is 2. The molecule has 0 saturated carbocycles. The molecule has 1 aliphatic carbocycles. The zero-order valence-corrected chi connectivity index (χ0v) is 17.3. The van der Waals surface area contributed by atoms with Crippen molar-refractivity contribution in [3.63, 3.8) is 0 Å². The predicted molar refractivity (Wildman–Crippen MR) is 115 cm³/mol. The van der Waals surface area contributed by atoms with Crippen molar-refractivity contribution >= 4 is 23.4 Å². The third-order valence-electron chi connectivity index (χ3n) is 5.28. The van der Waals surface area contributed by atoms with Gasteiger partial charge in [-0.2, -0.15) is 0 Å². The number of hydrogen-bond donors (Lipinski definition) is 2. The SMILES string of the molecule is Cc1ncc(CC[C@H](NC(=O)OCC2c3ccccc3-c3ccccc32)C(=O)O)s1. The van der Waals surface area contributed by atoms with E-state index in [-0.39, 0.29) is 18.9 Å². The number of hydrogen-bond acceptors (Lipinski definition) is 5. The number of benzene rings is 2. The van der Waals surface area contributed by atoms with Gasteiger partial charge >= 0.3 is 12.1 Å². The number of aryl methyl sites for hydroxylation is 2. The molecule has 7 heteroatoms. The number of rotatable bonds is 7. The molecule has 0 aliphatic heterocycles. The smallest absolute Gasteiger partial charge is 0.407 e. The molecule has 1 atom stereocenters. The van der Waals surface area contributed by atoms with E-state index in [1.54, 1.807) is 6.20 Å². The lowest BCUT2D eigenvalue weighted by Crippen LogP contribution is -2.41. The van der Waals surface area contributed by atoms with Crippen molar-refractivity contribution in [2.75, 3.05) is 6.61 Å². The maximum absolute atomic E-state index is 12.3. The van der Waals surface area contributed by atoms with E-state index in [4.69, 9.17) is 4.74 Å². The minimum absolute atomic E-state index is 0.0633. The molecule has 0 unspecified atom stereocenters. The van der Waals surface area contributed by atoms with Crippen LogP contribution >= 0.6 is 11.3 Å². The van der Waals surface area contributed by atoms with Gasteiger partial charge in [-0.25, -0.2) is 14.6 Å². The van der Waals surface area contributed by atoms with E-state index in [1.165, 1.54) is 11.3 Å². The minimum atomic E-state index is -1.08. The molecule has 154 valence electrons. The molecule has 30 heavy (non-hydrogen) atoms. The van der Waals surface area contributed by atoms with Gasteiger partial charge in [-0.1, -0.05) is 48.5 Å². The van der Waals surface area contributed by atoms with Crippen molar-refractivity contribution < 1.29 is 19.4 Å². The summed E-state index contributed by atoms with van der Waals surface area (Å²) in [7, 11) is 0. The molecule has 3 aromatic rings. The Morgan fingerprint density at radius 3 is 2.33 bits per heavy atom. The summed E-state index contributed by atoms with van der Waals surface area (Å²) < 4.78 is 5.45. The van der Waals surface area contributed by atoms with Gasteiger partial charge in [0.15, 0.2) is 0 Å². The van der Waals surface area contributed by atoms with Crippen LogP contribution in [0.25, 0.3) is 11.1 Å². The number of nitrogens with one attached hydrogen (secondary N) is 1. The van der Waals surface area contributed by atoms with Gasteiger partial charge in [-0.05, 0) is 42.0 Å². The van der Waals surface area contributed by atoms with E-state index in [2.05, 4.69) is 22.4 Å². The summed E-state index contributed by atoms with van der Waals surface area (Å²) in [6.45, 7) is 2.05. The molecule has 4 rings (SSSR count). The number of carboxylic acids is 1. The lowest BCUT2D eigenvalue weighted by atomic mass is 9.98. The number of carboxylic acid groups (broad SMARTS) is 1. The van der Waals surface area contributed by atoms with Gasteiger partial charge in [0.25, 0.3) is 0 Å². The summed E-state index contributed by atoms with van der Waals surface area (Å²) in [5, 5.41) is 12.9. The number of ether oxygens (including phenoxy) is 1. The molecule has 0 radical (unpaired) electrons. The van der Waals surface area contributed by atoms with Gasteiger partial charge in [-0.15, -0.1) is 11.3 Å². The molecule has 1 heterocycles. The second-order valence-electron chi connectivity index (χ2n) is 7.24. The fourth-order valence-electron chi connectivity index (χ4n) is 3.85. The highest BCUT2D eigenvalue weighted by Gasteiger charge is 2.29. The van der Waals surface area contributed by atoms with E-state index in [0.717, 1.165) is 32.1 Å². The summed E-state index contributed by atoms with van der Waals surface area (Å²) in [4.78, 5) is 29.1. The van der Waals surface area contributed by atoms with Crippen LogP contribution in [0.2, 0.25) is 0 Å². The minimum Gasteiger partial charge on any atom is -0.480 e. The number of amides is 1. The number of aromatic nitrogens is 1. The molecular formula is C23H22N2O4S. The maximum Gasteiger partial charge on any atom is 0.407 e. The highest BCUT2D eigenvalue weighted by molar-refractivity contribution is 7.11. The highest BCUT2D eigenvalue weighted by atomic mass is 32.1.